The Kier molecular flexibility index (Phi) is 4.32. The van der Waals surface area contributed by atoms with Gasteiger partial charge in [-0.2, -0.15) is 0 Å². The summed E-state index contributed by atoms with van der Waals surface area (Å²) in [5.41, 5.74) is 6.89. The second-order valence-corrected chi connectivity index (χ2v) is 6.15. The number of aromatic carboxylic acids is 1. The molecular formula is C16H22N2O3. The van der Waals surface area contributed by atoms with Crippen molar-refractivity contribution in [2.24, 2.45) is 11.7 Å². The van der Waals surface area contributed by atoms with Gasteiger partial charge < -0.3 is 16.2 Å². The highest BCUT2D eigenvalue weighted by Gasteiger charge is 2.38. The molecule has 0 bridgehead atoms. The third-order valence-corrected chi connectivity index (χ3v) is 4.22. The third-order valence-electron chi connectivity index (χ3n) is 4.22. The Labute approximate surface area is 124 Å². The fraction of sp³-hybridized carbons (Fsp3) is 0.500. The van der Waals surface area contributed by atoms with Gasteiger partial charge in [0.05, 0.1) is 11.1 Å². The van der Waals surface area contributed by atoms with E-state index in [-0.39, 0.29) is 11.5 Å². The Balaban J connectivity index is 2.19. The lowest BCUT2D eigenvalue weighted by Gasteiger charge is -2.35. The van der Waals surface area contributed by atoms with Crippen molar-refractivity contribution in [1.82, 2.24) is 0 Å². The number of carbonyl (C=O) groups is 2. The van der Waals surface area contributed by atoms with Gasteiger partial charge in [-0.25, -0.2) is 4.79 Å². The average molecular weight is 290 g/mol. The normalized spacial score (nSPS) is 25.4. The van der Waals surface area contributed by atoms with Crippen molar-refractivity contribution in [1.29, 1.82) is 0 Å². The van der Waals surface area contributed by atoms with Crippen LogP contribution in [0.2, 0.25) is 0 Å². The Morgan fingerprint density at radius 3 is 2.76 bits per heavy atom. The number of nitrogens with two attached hydrogens (primary N) is 1. The van der Waals surface area contributed by atoms with Crippen LogP contribution in [0.25, 0.3) is 0 Å². The van der Waals surface area contributed by atoms with Crippen LogP contribution in [0.3, 0.4) is 0 Å². The zero-order valence-electron chi connectivity index (χ0n) is 12.5. The first-order chi connectivity index (χ1) is 9.82. The topological polar surface area (TPSA) is 92.4 Å². The van der Waals surface area contributed by atoms with E-state index in [1.807, 2.05) is 6.92 Å². The van der Waals surface area contributed by atoms with Crippen LogP contribution >= 0.6 is 0 Å². The molecule has 2 rings (SSSR count). The summed E-state index contributed by atoms with van der Waals surface area (Å²) >= 11 is 0. The number of carbonyl (C=O) groups excluding carboxylic acids is 1. The van der Waals surface area contributed by atoms with Gasteiger partial charge in [-0.1, -0.05) is 25.8 Å². The predicted octanol–water partition coefficient (Wildman–Crippen LogP) is 2.54. The number of benzene rings is 1. The first kappa shape index (κ1) is 15.5. The van der Waals surface area contributed by atoms with Crippen LogP contribution in [0.4, 0.5) is 5.69 Å². The number of rotatable bonds is 3. The second-order valence-electron chi connectivity index (χ2n) is 6.15. The molecule has 2 unspecified atom stereocenters. The Morgan fingerprint density at radius 1 is 1.43 bits per heavy atom. The van der Waals surface area contributed by atoms with Gasteiger partial charge in [0, 0.05) is 5.69 Å². The SMILES string of the molecule is Cc1ccc(C(=O)O)cc1NC(=O)C1(N)CCCC(C)C1. The van der Waals surface area contributed by atoms with Crippen molar-refractivity contribution in [3.8, 4) is 0 Å². The monoisotopic (exact) mass is 290 g/mol. The molecule has 0 spiro atoms. The first-order valence-electron chi connectivity index (χ1n) is 7.26. The molecule has 1 aromatic rings. The van der Waals surface area contributed by atoms with E-state index >= 15 is 0 Å². The molecule has 21 heavy (non-hydrogen) atoms. The van der Waals surface area contributed by atoms with Crippen molar-refractivity contribution in [2.75, 3.05) is 5.32 Å². The lowest BCUT2D eigenvalue weighted by Crippen LogP contribution is -2.53. The fourth-order valence-electron chi connectivity index (χ4n) is 2.93. The van der Waals surface area contributed by atoms with Crippen LogP contribution in [-0.2, 0) is 4.79 Å². The molecule has 1 fully saturated rings. The van der Waals surface area contributed by atoms with Crippen LogP contribution in [0, 0.1) is 12.8 Å². The zero-order chi connectivity index (χ0) is 15.6. The Morgan fingerprint density at radius 2 is 2.14 bits per heavy atom. The minimum atomic E-state index is -1.01. The summed E-state index contributed by atoms with van der Waals surface area (Å²) < 4.78 is 0. The standard InChI is InChI=1S/C16H22N2O3/c1-10-4-3-7-16(17,9-10)15(21)18-13-8-12(14(19)20)6-5-11(13)2/h5-6,8,10H,3-4,7,9,17H2,1-2H3,(H,18,21)(H,19,20). The Hall–Kier alpha value is -1.88. The summed E-state index contributed by atoms with van der Waals surface area (Å²) in [4.78, 5) is 23.5. The molecule has 0 radical (unpaired) electrons. The first-order valence-corrected chi connectivity index (χ1v) is 7.26. The molecule has 0 aromatic heterocycles. The minimum absolute atomic E-state index is 0.152. The fourth-order valence-corrected chi connectivity index (χ4v) is 2.93. The van der Waals surface area contributed by atoms with E-state index < -0.39 is 11.5 Å². The number of anilines is 1. The molecule has 1 aromatic carbocycles. The van der Waals surface area contributed by atoms with E-state index in [9.17, 15) is 9.59 Å². The van der Waals surface area contributed by atoms with Gasteiger partial charge in [0.25, 0.3) is 0 Å². The minimum Gasteiger partial charge on any atom is -0.478 e. The summed E-state index contributed by atoms with van der Waals surface area (Å²) in [5, 5.41) is 11.8. The number of carboxylic acid groups (broad SMARTS) is 1. The van der Waals surface area contributed by atoms with Gasteiger partial charge >= 0.3 is 5.97 Å². The smallest absolute Gasteiger partial charge is 0.335 e. The molecule has 1 amide bonds. The van der Waals surface area contributed by atoms with E-state index in [1.165, 1.54) is 12.1 Å². The lowest BCUT2D eigenvalue weighted by molar-refractivity contribution is -0.122. The van der Waals surface area contributed by atoms with Crippen LogP contribution in [0.5, 0.6) is 0 Å². The van der Waals surface area contributed by atoms with Crippen molar-refractivity contribution in [2.45, 2.75) is 45.1 Å². The van der Waals surface area contributed by atoms with Gasteiger partial charge in [-0.15, -0.1) is 0 Å². The predicted molar refractivity (Wildman–Crippen MR) is 81.3 cm³/mol. The number of aryl methyl sites for hydroxylation is 1. The third kappa shape index (κ3) is 3.42. The average Bonchev–Trinajstić information content (AvgIpc) is 2.40. The molecule has 2 atom stereocenters. The van der Waals surface area contributed by atoms with E-state index in [2.05, 4.69) is 12.2 Å². The number of hydrogen-bond donors (Lipinski definition) is 3. The van der Waals surface area contributed by atoms with Gasteiger partial charge in [0.15, 0.2) is 0 Å². The maximum atomic E-state index is 12.5. The molecule has 5 heteroatoms. The summed E-state index contributed by atoms with van der Waals surface area (Å²) in [6.07, 6.45) is 3.37. The van der Waals surface area contributed by atoms with Crippen LogP contribution in [0.1, 0.15) is 48.5 Å². The maximum Gasteiger partial charge on any atom is 0.335 e. The number of amides is 1. The van der Waals surface area contributed by atoms with E-state index in [1.54, 1.807) is 6.07 Å². The molecular weight excluding hydrogens is 268 g/mol. The summed E-state index contributed by atoms with van der Waals surface area (Å²) in [5.74, 6) is -0.806. The quantitative estimate of drug-likeness (QED) is 0.797. The van der Waals surface area contributed by atoms with E-state index in [0.717, 1.165) is 18.4 Å². The van der Waals surface area contributed by atoms with Gasteiger partial charge in [0.2, 0.25) is 5.91 Å². The van der Waals surface area contributed by atoms with Crippen molar-refractivity contribution in [3.63, 3.8) is 0 Å². The highest BCUT2D eigenvalue weighted by atomic mass is 16.4. The molecule has 1 aliphatic rings. The van der Waals surface area contributed by atoms with Crippen molar-refractivity contribution >= 4 is 17.6 Å². The Bertz CT molecular complexity index is 571. The molecule has 0 saturated heterocycles. The number of nitrogens with one attached hydrogen (secondary N) is 1. The summed E-state index contributed by atoms with van der Waals surface area (Å²) in [6, 6.07) is 4.69. The molecule has 0 aliphatic heterocycles. The highest BCUT2D eigenvalue weighted by Crippen LogP contribution is 2.31. The molecule has 1 aliphatic carbocycles. The largest absolute Gasteiger partial charge is 0.478 e. The van der Waals surface area contributed by atoms with Gasteiger partial charge in [-0.05, 0) is 43.4 Å². The van der Waals surface area contributed by atoms with E-state index in [4.69, 9.17) is 10.8 Å². The molecule has 114 valence electrons. The summed E-state index contributed by atoms with van der Waals surface area (Å²) in [7, 11) is 0. The molecule has 1 saturated carbocycles. The van der Waals surface area contributed by atoms with Crippen LogP contribution in [-0.4, -0.2) is 22.5 Å². The molecule has 0 heterocycles. The van der Waals surface area contributed by atoms with Crippen molar-refractivity contribution < 1.29 is 14.7 Å². The molecule has 5 nitrogen and oxygen atoms in total. The lowest BCUT2D eigenvalue weighted by atomic mass is 9.76. The van der Waals surface area contributed by atoms with Crippen LogP contribution in [0.15, 0.2) is 18.2 Å². The van der Waals surface area contributed by atoms with Gasteiger partial charge in [-0.3, -0.25) is 4.79 Å². The molecule has 4 N–H and O–H groups in total. The number of hydrogen-bond acceptors (Lipinski definition) is 3. The maximum absolute atomic E-state index is 12.5. The second kappa shape index (κ2) is 5.85. The van der Waals surface area contributed by atoms with Crippen molar-refractivity contribution in [3.05, 3.63) is 29.3 Å². The van der Waals surface area contributed by atoms with E-state index in [0.29, 0.717) is 24.4 Å². The highest BCUT2D eigenvalue weighted by molar-refractivity contribution is 5.99. The van der Waals surface area contributed by atoms with Gasteiger partial charge in [0.1, 0.15) is 0 Å². The zero-order valence-corrected chi connectivity index (χ0v) is 12.5. The summed E-state index contributed by atoms with van der Waals surface area (Å²) in [6.45, 7) is 3.93. The number of carboxylic acids is 1. The van der Waals surface area contributed by atoms with Crippen LogP contribution < -0.4 is 11.1 Å².